The molecule has 0 radical (unpaired) electrons. The van der Waals surface area contributed by atoms with Gasteiger partial charge in [0.05, 0.1) is 5.69 Å². The summed E-state index contributed by atoms with van der Waals surface area (Å²) in [6.45, 7) is 2.07. The lowest BCUT2D eigenvalue weighted by Crippen LogP contribution is -1.87. The van der Waals surface area contributed by atoms with Crippen LogP contribution in [0.3, 0.4) is 0 Å². The van der Waals surface area contributed by atoms with Crippen LogP contribution in [-0.2, 0) is 0 Å². The van der Waals surface area contributed by atoms with E-state index in [2.05, 4.69) is 41.7 Å². The van der Waals surface area contributed by atoms with Crippen LogP contribution in [0.25, 0.3) is 6.08 Å². The van der Waals surface area contributed by atoms with Crippen LogP contribution in [0, 0.1) is 6.92 Å². The van der Waals surface area contributed by atoms with E-state index in [1.54, 1.807) is 6.21 Å². The molecule has 0 heterocycles. The molecule has 2 heteroatoms. The highest BCUT2D eigenvalue weighted by atomic mass is 15.3. The normalized spacial score (nSPS) is 11.2. The monoisotopic (exact) mass is 236 g/mol. The van der Waals surface area contributed by atoms with Crippen molar-refractivity contribution < 1.29 is 0 Å². The molecule has 0 spiro atoms. The third-order valence-electron chi connectivity index (χ3n) is 2.49. The summed E-state index contributed by atoms with van der Waals surface area (Å²) in [5, 5.41) is 4.12. The van der Waals surface area contributed by atoms with Gasteiger partial charge in [-0.25, -0.2) is 0 Å². The number of hydrazone groups is 1. The smallest absolute Gasteiger partial charge is 0.0561 e. The number of hydrogen-bond acceptors (Lipinski definition) is 2. The van der Waals surface area contributed by atoms with Gasteiger partial charge in [-0.1, -0.05) is 54.1 Å². The molecule has 0 aliphatic rings. The predicted octanol–water partition coefficient (Wildman–Crippen LogP) is 4.11. The molecule has 0 fully saturated rings. The molecule has 0 aromatic heterocycles. The van der Waals surface area contributed by atoms with Crippen LogP contribution in [0.15, 0.2) is 65.8 Å². The van der Waals surface area contributed by atoms with E-state index >= 15 is 0 Å². The molecule has 2 nitrogen and oxygen atoms in total. The Balaban J connectivity index is 1.85. The molecule has 0 saturated heterocycles. The Labute approximate surface area is 108 Å². The van der Waals surface area contributed by atoms with E-state index in [4.69, 9.17) is 0 Å². The van der Waals surface area contributed by atoms with Crippen LogP contribution in [0.1, 0.15) is 11.1 Å². The first kappa shape index (κ1) is 12.1. The van der Waals surface area contributed by atoms with Crippen molar-refractivity contribution in [3.8, 4) is 0 Å². The summed E-state index contributed by atoms with van der Waals surface area (Å²) in [5.74, 6) is 0. The Bertz CT molecular complexity index is 525. The van der Waals surface area contributed by atoms with E-state index < -0.39 is 0 Å². The third-order valence-corrected chi connectivity index (χ3v) is 2.49. The van der Waals surface area contributed by atoms with Crippen molar-refractivity contribution >= 4 is 18.0 Å². The fourth-order valence-corrected chi connectivity index (χ4v) is 1.50. The molecule has 2 aromatic carbocycles. The molecule has 18 heavy (non-hydrogen) atoms. The fraction of sp³-hybridized carbons (Fsp3) is 0.0625. The molecular weight excluding hydrogens is 220 g/mol. The topological polar surface area (TPSA) is 24.4 Å². The summed E-state index contributed by atoms with van der Waals surface area (Å²) in [4.78, 5) is 0. The second kappa shape index (κ2) is 6.40. The summed E-state index contributed by atoms with van der Waals surface area (Å²) in [6, 6.07) is 18.3. The highest BCUT2D eigenvalue weighted by Crippen LogP contribution is 2.07. The lowest BCUT2D eigenvalue weighted by molar-refractivity contribution is 1.34. The minimum atomic E-state index is 0.991. The van der Waals surface area contributed by atoms with Crippen molar-refractivity contribution in [2.75, 3.05) is 5.43 Å². The number of aryl methyl sites for hydroxylation is 1. The number of nitrogens with zero attached hydrogens (tertiary/aromatic N) is 1. The first-order valence-corrected chi connectivity index (χ1v) is 5.92. The van der Waals surface area contributed by atoms with Crippen LogP contribution in [0.4, 0.5) is 5.69 Å². The van der Waals surface area contributed by atoms with Gasteiger partial charge < -0.3 is 0 Å². The molecule has 0 aliphatic heterocycles. The Kier molecular flexibility index (Phi) is 4.31. The summed E-state index contributed by atoms with van der Waals surface area (Å²) >= 11 is 0. The summed E-state index contributed by atoms with van der Waals surface area (Å²) in [6.07, 6.45) is 5.67. The van der Waals surface area contributed by atoms with Crippen molar-refractivity contribution in [1.29, 1.82) is 0 Å². The average Bonchev–Trinajstić information content (AvgIpc) is 2.42. The van der Waals surface area contributed by atoms with Crippen LogP contribution >= 0.6 is 0 Å². The van der Waals surface area contributed by atoms with E-state index in [9.17, 15) is 0 Å². The van der Waals surface area contributed by atoms with Gasteiger partial charge in [0.1, 0.15) is 0 Å². The Morgan fingerprint density at radius 3 is 2.39 bits per heavy atom. The van der Waals surface area contributed by atoms with Gasteiger partial charge in [0.15, 0.2) is 0 Å². The largest absolute Gasteiger partial charge is 0.279 e. The zero-order valence-corrected chi connectivity index (χ0v) is 10.4. The van der Waals surface area contributed by atoms with Gasteiger partial charge in [-0.15, -0.1) is 0 Å². The highest BCUT2D eigenvalue weighted by Gasteiger charge is 1.86. The Hall–Kier alpha value is -2.35. The van der Waals surface area contributed by atoms with Crippen molar-refractivity contribution in [3.05, 3.63) is 71.8 Å². The maximum Gasteiger partial charge on any atom is 0.0561 e. The molecule has 0 bridgehead atoms. The first-order chi connectivity index (χ1) is 8.84. The van der Waals surface area contributed by atoms with Crippen molar-refractivity contribution in [3.63, 3.8) is 0 Å². The van der Waals surface area contributed by atoms with Crippen molar-refractivity contribution in [2.24, 2.45) is 5.10 Å². The Morgan fingerprint density at radius 1 is 0.944 bits per heavy atom. The van der Waals surface area contributed by atoms with Gasteiger partial charge in [-0.05, 0) is 30.7 Å². The number of anilines is 1. The lowest BCUT2D eigenvalue weighted by Gasteiger charge is -1.98. The average molecular weight is 236 g/mol. The van der Waals surface area contributed by atoms with Gasteiger partial charge in [-0.3, -0.25) is 5.43 Å². The SMILES string of the molecule is Cc1ccc(N/N=C/C=C/c2ccccc2)cc1. The molecule has 0 aliphatic carbocycles. The second-order valence-electron chi connectivity index (χ2n) is 4.03. The van der Waals surface area contributed by atoms with Gasteiger partial charge in [0, 0.05) is 6.21 Å². The Morgan fingerprint density at radius 2 is 1.67 bits per heavy atom. The molecule has 0 saturated carbocycles. The fourth-order valence-electron chi connectivity index (χ4n) is 1.50. The van der Waals surface area contributed by atoms with Crippen LogP contribution in [0.5, 0.6) is 0 Å². The van der Waals surface area contributed by atoms with Gasteiger partial charge in [-0.2, -0.15) is 5.10 Å². The maximum absolute atomic E-state index is 4.12. The van der Waals surface area contributed by atoms with Crippen LogP contribution in [-0.4, -0.2) is 6.21 Å². The lowest BCUT2D eigenvalue weighted by atomic mass is 10.2. The van der Waals surface area contributed by atoms with E-state index in [0.29, 0.717) is 0 Å². The second-order valence-corrected chi connectivity index (χ2v) is 4.03. The molecule has 0 amide bonds. The summed E-state index contributed by atoms with van der Waals surface area (Å²) in [7, 11) is 0. The molecule has 2 rings (SSSR count). The minimum absolute atomic E-state index is 0.991. The number of allylic oxidation sites excluding steroid dienone is 1. The first-order valence-electron chi connectivity index (χ1n) is 5.92. The molecule has 0 atom stereocenters. The number of nitrogens with one attached hydrogen (secondary N) is 1. The molecule has 1 N–H and O–H groups in total. The quantitative estimate of drug-likeness (QED) is 0.627. The van der Waals surface area contributed by atoms with Crippen molar-refractivity contribution in [2.45, 2.75) is 6.92 Å². The van der Waals surface area contributed by atoms with Crippen LogP contribution < -0.4 is 5.43 Å². The molecule has 90 valence electrons. The molecule has 2 aromatic rings. The van der Waals surface area contributed by atoms with Gasteiger partial charge in [0.25, 0.3) is 0 Å². The molecular formula is C16H16N2. The van der Waals surface area contributed by atoms with E-state index in [-0.39, 0.29) is 0 Å². The minimum Gasteiger partial charge on any atom is -0.279 e. The number of benzene rings is 2. The van der Waals surface area contributed by atoms with E-state index in [1.165, 1.54) is 11.1 Å². The number of hydrogen-bond donors (Lipinski definition) is 1. The molecule has 0 unspecified atom stereocenters. The highest BCUT2D eigenvalue weighted by molar-refractivity contribution is 5.78. The van der Waals surface area contributed by atoms with Crippen molar-refractivity contribution in [1.82, 2.24) is 0 Å². The van der Waals surface area contributed by atoms with Gasteiger partial charge >= 0.3 is 0 Å². The van der Waals surface area contributed by atoms with E-state index in [0.717, 1.165) is 5.69 Å². The summed E-state index contributed by atoms with van der Waals surface area (Å²) < 4.78 is 0. The maximum atomic E-state index is 4.12. The zero-order valence-electron chi connectivity index (χ0n) is 10.4. The standard InChI is InChI=1S/C16H16N2/c1-14-9-11-16(12-10-14)18-17-13-5-8-15-6-3-2-4-7-15/h2-13,18H,1H3/b8-5+,17-13+. The van der Waals surface area contributed by atoms with Crippen LogP contribution in [0.2, 0.25) is 0 Å². The third kappa shape index (κ3) is 3.91. The summed E-state index contributed by atoms with van der Waals surface area (Å²) in [5.41, 5.74) is 6.38. The predicted molar refractivity (Wildman–Crippen MR) is 78.8 cm³/mol. The zero-order chi connectivity index (χ0) is 12.6. The van der Waals surface area contributed by atoms with E-state index in [1.807, 2.05) is 42.5 Å². The number of rotatable bonds is 4. The van der Waals surface area contributed by atoms with Gasteiger partial charge in [0.2, 0.25) is 0 Å².